The van der Waals surface area contributed by atoms with Crippen molar-refractivity contribution < 1.29 is 4.74 Å². The molecule has 3 rings (SSSR count). The minimum atomic E-state index is 0.677. The normalized spacial score (nSPS) is 10.8. The molecule has 2 N–H and O–H groups in total. The van der Waals surface area contributed by atoms with E-state index in [0.29, 0.717) is 6.61 Å². The van der Waals surface area contributed by atoms with Crippen LogP contribution in [0.2, 0.25) is 0 Å². The van der Waals surface area contributed by atoms with Gasteiger partial charge in [-0.05, 0) is 43.3 Å². The highest BCUT2D eigenvalue weighted by molar-refractivity contribution is 5.64. The molecule has 0 atom stereocenters. The number of rotatable bonds is 8. The highest BCUT2D eigenvalue weighted by Crippen LogP contribution is 2.25. The van der Waals surface area contributed by atoms with Crippen LogP contribution in [0, 0.1) is 6.92 Å². The van der Waals surface area contributed by atoms with Crippen molar-refractivity contribution in [2.45, 2.75) is 26.8 Å². The molecule has 4 nitrogen and oxygen atoms in total. The lowest BCUT2D eigenvalue weighted by atomic mass is 10.1. The lowest BCUT2D eigenvalue weighted by molar-refractivity contribution is 0.322. The van der Waals surface area contributed by atoms with E-state index in [1.54, 1.807) is 0 Å². The quantitative estimate of drug-likeness (QED) is 0.651. The van der Waals surface area contributed by atoms with Crippen molar-refractivity contribution in [3.05, 3.63) is 71.4 Å². The molecule has 1 aromatic heterocycles. The van der Waals surface area contributed by atoms with Gasteiger partial charge in [0.2, 0.25) is 0 Å². The van der Waals surface area contributed by atoms with Gasteiger partial charge in [-0.15, -0.1) is 0 Å². The fourth-order valence-corrected chi connectivity index (χ4v) is 2.80. The molecule has 25 heavy (non-hydrogen) atoms. The van der Waals surface area contributed by atoms with Crippen molar-refractivity contribution in [3.8, 4) is 17.0 Å². The van der Waals surface area contributed by atoms with E-state index < -0.39 is 0 Å². The number of hydrogen-bond acceptors (Lipinski definition) is 3. The molecule has 4 heteroatoms. The number of aryl methyl sites for hydroxylation is 1. The van der Waals surface area contributed by atoms with Crippen LogP contribution in [-0.4, -0.2) is 23.3 Å². The number of hydrogen-bond donors (Lipinski definition) is 2. The van der Waals surface area contributed by atoms with Crippen molar-refractivity contribution in [1.29, 1.82) is 0 Å². The fraction of sp³-hybridized carbons (Fsp3) is 0.286. The van der Waals surface area contributed by atoms with Gasteiger partial charge in [0.05, 0.1) is 12.3 Å². The van der Waals surface area contributed by atoms with Crippen molar-refractivity contribution in [2.24, 2.45) is 0 Å². The number of nitrogens with zero attached hydrogens (tertiary/aromatic N) is 1. The van der Waals surface area contributed by atoms with E-state index >= 15 is 0 Å². The van der Waals surface area contributed by atoms with Crippen LogP contribution in [-0.2, 0) is 13.0 Å². The molecule has 0 aliphatic rings. The summed E-state index contributed by atoms with van der Waals surface area (Å²) in [7, 11) is 0. The molecule has 0 radical (unpaired) electrons. The Hall–Kier alpha value is -2.59. The fourth-order valence-electron chi connectivity index (χ4n) is 2.80. The molecule has 2 aromatic carbocycles. The van der Waals surface area contributed by atoms with Gasteiger partial charge in [0.15, 0.2) is 0 Å². The standard InChI is InChI=1S/C21H25N3O/c1-3-22-15-20-16(2)23-24-21(20)18-9-11-19(12-10-18)25-14-13-17-7-5-4-6-8-17/h4-12,22H,3,13-15H2,1-2H3,(H,23,24). The van der Waals surface area contributed by atoms with Crippen molar-refractivity contribution in [3.63, 3.8) is 0 Å². The summed E-state index contributed by atoms with van der Waals surface area (Å²) in [6, 6.07) is 18.6. The molecular formula is C21H25N3O. The minimum absolute atomic E-state index is 0.677. The lowest BCUT2D eigenvalue weighted by Gasteiger charge is -2.08. The molecule has 0 saturated carbocycles. The van der Waals surface area contributed by atoms with Crippen molar-refractivity contribution in [2.75, 3.05) is 13.2 Å². The number of ether oxygens (including phenoxy) is 1. The Balaban J connectivity index is 1.62. The number of H-pyrrole nitrogens is 1. The Morgan fingerprint density at radius 1 is 1.04 bits per heavy atom. The van der Waals surface area contributed by atoms with Gasteiger partial charge in [-0.1, -0.05) is 37.3 Å². The van der Waals surface area contributed by atoms with Crippen LogP contribution in [0.4, 0.5) is 0 Å². The van der Waals surface area contributed by atoms with Gasteiger partial charge < -0.3 is 10.1 Å². The first-order valence-corrected chi connectivity index (χ1v) is 8.79. The van der Waals surface area contributed by atoms with Crippen LogP contribution in [0.3, 0.4) is 0 Å². The van der Waals surface area contributed by atoms with E-state index in [0.717, 1.165) is 42.2 Å². The van der Waals surface area contributed by atoms with Crippen LogP contribution < -0.4 is 10.1 Å². The molecular weight excluding hydrogens is 310 g/mol. The van der Waals surface area contributed by atoms with Gasteiger partial charge in [0.25, 0.3) is 0 Å². The SMILES string of the molecule is CCNCc1c(-c2ccc(OCCc3ccccc3)cc2)n[nH]c1C. The second kappa shape index (κ2) is 8.49. The van der Waals surface area contributed by atoms with Crippen molar-refractivity contribution >= 4 is 0 Å². The monoisotopic (exact) mass is 335 g/mol. The number of benzene rings is 2. The second-order valence-corrected chi connectivity index (χ2v) is 6.06. The summed E-state index contributed by atoms with van der Waals surface area (Å²) in [5.41, 5.74) is 5.74. The van der Waals surface area contributed by atoms with Crippen LogP contribution in [0.15, 0.2) is 54.6 Å². The zero-order valence-electron chi connectivity index (χ0n) is 14.9. The van der Waals surface area contributed by atoms with Crippen LogP contribution in [0.5, 0.6) is 5.75 Å². The molecule has 0 amide bonds. The van der Waals surface area contributed by atoms with E-state index in [4.69, 9.17) is 4.74 Å². The molecule has 0 saturated heterocycles. The van der Waals surface area contributed by atoms with Gasteiger partial charge in [0, 0.05) is 29.8 Å². The van der Waals surface area contributed by atoms with E-state index in [-0.39, 0.29) is 0 Å². The first-order valence-electron chi connectivity index (χ1n) is 8.79. The van der Waals surface area contributed by atoms with Gasteiger partial charge in [-0.25, -0.2) is 0 Å². The first kappa shape index (κ1) is 17.2. The zero-order valence-corrected chi connectivity index (χ0v) is 14.9. The molecule has 0 fully saturated rings. The summed E-state index contributed by atoms with van der Waals surface area (Å²) in [5, 5.41) is 10.9. The lowest BCUT2D eigenvalue weighted by Crippen LogP contribution is -2.12. The van der Waals surface area contributed by atoms with Gasteiger partial charge in [-0.2, -0.15) is 5.10 Å². The smallest absolute Gasteiger partial charge is 0.119 e. The number of nitrogens with one attached hydrogen (secondary N) is 2. The molecule has 3 aromatic rings. The Morgan fingerprint density at radius 3 is 2.52 bits per heavy atom. The van der Waals surface area contributed by atoms with E-state index in [1.807, 2.05) is 18.2 Å². The highest BCUT2D eigenvalue weighted by Gasteiger charge is 2.11. The molecule has 0 aliphatic heterocycles. The van der Waals surface area contributed by atoms with Crippen LogP contribution >= 0.6 is 0 Å². The topological polar surface area (TPSA) is 49.9 Å². The Kier molecular flexibility index (Phi) is 5.86. The average Bonchev–Trinajstić information content (AvgIpc) is 3.02. The van der Waals surface area contributed by atoms with Gasteiger partial charge in [0.1, 0.15) is 5.75 Å². The zero-order chi connectivity index (χ0) is 17.5. The van der Waals surface area contributed by atoms with Gasteiger partial charge >= 0.3 is 0 Å². The third-order valence-electron chi connectivity index (χ3n) is 4.26. The van der Waals surface area contributed by atoms with Crippen LogP contribution in [0.25, 0.3) is 11.3 Å². The predicted octanol–water partition coefficient (Wildman–Crippen LogP) is 4.12. The third-order valence-corrected chi connectivity index (χ3v) is 4.26. The van der Waals surface area contributed by atoms with Crippen molar-refractivity contribution in [1.82, 2.24) is 15.5 Å². The molecule has 130 valence electrons. The summed E-state index contributed by atoms with van der Waals surface area (Å²) in [5.74, 6) is 0.889. The molecule has 1 heterocycles. The van der Waals surface area contributed by atoms with E-state index in [1.165, 1.54) is 11.1 Å². The predicted molar refractivity (Wildman–Crippen MR) is 102 cm³/mol. The Labute approximate surface area is 149 Å². The number of aromatic nitrogens is 2. The largest absolute Gasteiger partial charge is 0.493 e. The highest BCUT2D eigenvalue weighted by atomic mass is 16.5. The van der Waals surface area contributed by atoms with Gasteiger partial charge in [-0.3, -0.25) is 5.10 Å². The molecule has 0 unspecified atom stereocenters. The van der Waals surface area contributed by atoms with E-state index in [2.05, 4.69) is 65.8 Å². The van der Waals surface area contributed by atoms with E-state index in [9.17, 15) is 0 Å². The summed E-state index contributed by atoms with van der Waals surface area (Å²) in [4.78, 5) is 0. The first-order chi connectivity index (χ1) is 12.3. The maximum Gasteiger partial charge on any atom is 0.119 e. The second-order valence-electron chi connectivity index (χ2n) is 6.06. The summed E-state index contributed by atoms with van der Waals surface area (Å²) >= 11 is 0. The molecule has 0 aliphatic carbocycles. The summed E-state index contributed by atoms with van der Waals surface area (Å²) in [6.07, 6.45) is 0.911. The Bertz CT molecular complexity index is 779. The molecule has 0 spiro atoms. The maximum absolute atomic E-state index is 5.86. The summed E-state index contributed by atoms with van der Waals surface area (Å²) < 4.78 is 5.86. The third kappa shape index (κ3) is 4.48. The maximum atomic E-state index is 5.86. The summed E-state index contributed by atoms with van der Waals surface area (Å²) in [6.45, 7) is 6.61. The minimum Gasteiger partial charge on any atom is -0.493 e. The molecule has 0 bridgehead atoms. The number of aromatic amines is 1. The van der Waals surface area contributed by atoms with Crippen LogP contribution in [0.1, 0.15) is 23.7 Å². The Morgan fingerprint density at radius 2 is 1.80 bits per heavy atom. The average molecular weight is 335 g/mol.